The van der Waals surface area contributed by atoms with Crippen LogP contribution >= 0.6 is 43.5 Å². The van der Waals surface area contributed by atoms with Gasteiger partial charge in [0.25, 0.3) is 5.91 Å². The van der Waals surface area contributed by atoms with Crippen molar-refractivity contribution in [3.8, 4) is 5.69 Å². The Balaban J connectivity index is 1.97. The number of nitrogens with one attached hydrogen (secondary N) is 1. The van der Waals surface area contributed by atoms with E-state index in [1.54, 1.807) is 36.4 Å². The van der Waals surface area contributed by atoms with Gasteiger partial charge in [-0.3, -0.25) is 4.79 Å². The molecule has 0 saturated heterocycles. The van der Waals surface area contributed by atoms with Crippen molar-refractivity contribution in [1.29, 1.82) is 0 Å². The summed E-state index contributed by atoms with van der Waals surface area (Å²) in [7, 11) is 0. The number of hydrogen-bond donors (Lipinski definition) is 1. The van der Waals surface area contributed by atoms with E-state index in [4.69, 9.17) is 11.6 Å². The van der Waals surface area contributed by atoms with Gasteiger partial charge in [-0.05, 0) is 46.8 Å². The van der Waals surface area contributed by atoms with Crippen LogP contribution in [-0.2, 0) is 0 Å². The Morgan fingerprint density at radius 2 is 1.87 bits per heavy atom. The number of rotatable bonds is 3. The molecule has 116 valence electrons. The number of tetrazole rings is 1. The molecule has 3 aromatic rings. The van der Waals surface area contributed by atoms with Crippen molar-refractivity contribution in [2.24, 2.45) is 0 Å². The van der Waals surface area contributed by atoms with Gasteiger partial charge in [0.15, 0.2) is 0 Å². The molecule has 9 heteroatoms. The van der Waals surface area contributed by atoms with E-state index in [1.165, 1.54) is 11.0 Å². The molecule has 0 aliphatic carbocycles. The molecule has 0 aliphatic heterocycles. The maximum absolute atomic E-state index is 12.6. The highest BCUT2D eigenvalue weighted by Gasteiger charge is 2.16. The summed E-state index contributed by atoms with van der Waals surface area (Å²) in [6.45, 7) is 0. The van der Waals surface area contributed by atoms with Gasteiger partial charge < -0.3 is 5.32 Å². The van der Waals surface area contributed by atoms with Crippen LogP contribution in [0.15, 0.2) is 51.7 Å². The zero-order chi connectivity index (χ0) is 16.4. The topological polar surface area (TPSA) is 72.7 Å². The summed E-state index contributed by atoms with van der Waals surface area (Å²) >= 11 is 12.8. The molecule has 2 aromatic carbocycles. The van der Waals surface area contributed by atoms with Crippen LogP contribution < -0.4 is 5.32 Å². The zero-order valence-corrected chi connectivity index (χ0v) is 15.3. The number of hydrogen-bond acceptors (Lipinski definition) is 4. The lowest BCUT2D eigenvalue weighted by Crippen LogP contribution is -2.15. The highest BCUT2D eigenvalue weighted by molar-refractivity contribution is 9.10. The van der Waals surface area contributed by atoms with Gasteiger partial charge in [-0.15, -0.1) is 5.10 Å². The molecule has 0 spiro atoms. The summed E-state index contributed by atoms with van der Waals surface area (Å²) in [6.07, 6.45) is 1.42. The molecule has 1 heterocycles. The number of nitrogens with zero attached hydrogens (tertiary/aromatic N) is 4. The third-order valence-electron chi connectivity index (χ3n) is 2.98. The first-order valence-corrected chi connectivity index (χ1v) is 8.30. The van der Waals surface area contributed by atoms with E-state index in [0.717, 1.165) is 8.95 Å². The summed E-state index contributed by atoms with van der Waals surface area (Å²) in [5, 5.41) is 14.2. The van der Waals surface area contributed by atoms with Crippen LogP contribution in [-0.4, -0.2) is 26.1 Å². The number of aromatic nitrogens is 4. The van der Waals surface area contributed by atoms with E-state index in [0.29, 0.717) is 22.0 Å². The molecule has 0 radical (unpaired) electrons. The van der Waals surface area contributed by atoms with Crippen molar-refractivity contribution in [2.75, 3.05) is 5.32 Å². The number of carbonyl (C=O) groups excluding carboxylic acids is 1. The van der Waals surface area contributed by atoms with Crippen molar-refractivity contribution < 1.29 is 4.79 Å². The molecule has 0 fully saturated rings. The second kappa shape index (κ2) is 6.77. The molecule has 23 heavy (non-hydrogen) atoms. The van der Waals surface area contributed by atoms with Gasteiger partial charge in [0.1, 0.15) is 6.33 Å². The van der Waals surface area contributed by atoms with Gasteiger partial charge in [-0.2, -0.15) is 4.68 Å². The molecule has 0 atom stereocenters. The molecule has 1 N–H and O–H groups in total. The molecular weight excluding hydrogens is 449 g/mol. The van der Waals surface area contributed by atoms with Crippen molar-refractivity contribution in [3.63, 3.8) is 0 Å². The predicted octanol–water partition coefficient (Wildman–Crippen LogP) is 4.09. The number of amides is 1. The molecule has 1 aromatic heterocycles. The average Bonchev–Trinajstić information content (AvgIpc) is 3.04. The summed E-state index contributed by atoms with van der Waals surface area (Å²) in [5.41, 5.74) is 1.48. The number of anilines is 1. The van der Waals surface area contributed by atoms with Crippen LogP contribution in [0.5, 0.6) is 0 Å². The van der Waals surface area contributed by atoms with Gasteiger partial charge in [0.05, 0.1) is 22.0 Å². The van der Waals surface area contributed by atoms with Crippen LogP contribution in [0.25, 0.3) is 5.69 Å². The Bertz CT molecular complexity index is 870. The average molecular weight is 458 g/mol. The highest BCUT2D eigenvalue weighted by Crippen LogP contribution is 2.27. The lowest BCUT2D eigenvalue weighted by molar-refractivity contribution is 0.102. The van der Waals surface area contributed by atoms with Crippen molar-refractivity contribution in [2.45, 2.75) is 0 Å². The number of halogens is 3. The largest absolute Gasteiger partial charge is 0.321 e. The summed E-state index contributed by atoms with van der Waals surface area (Å²) < 4.78 is 3.02. The summed E-state index contributed by atoms with van der Waals surface area (Å²) in [4.78, 5) is 12.6. The van der Waals surface area contributed by atoms with Gasteiger partial charge in [-0.1, -0.05) is 43.5 Å². The van der Waals surface area contributed by atoms with Gasteiger partial charge in [0.2, 0.25) is 0 Å². The summed E-state index contributed by atoms with van der Waals surface area (Å²) in [5.74, 6) is -0.318. The lowest BCUT2D eigenvalue weighted by atomic mass is 10.1. The fourth-order valence-corrected chi connectivity index (χ4v) is 3.02. The Kier molecular flexibility index (Phi) is 4.74. The second-order valence-corrected chi connectivity index (χ2v) is 6.73. The Hall–Kier alpha value is -1.77. The van der Waals surface area contributed by atoms with Gasteiger partial charge in [0, 0.05) is 8.95 Å². The minimum atomic E-state index is -0.318. The van der Waals surface area contributed by atoms with E-state index in [-0.39, 0.29) is 5.91 Å². The third kappa shape index (κ3) is 3.60. The van der Waals surface area contributed by atoms with E-state index in [1.807, 2.05) is 0 Å². The standard InChI is InChI=1S/C14H8Br2ClN5O/c15-8-2-4-13(22-7-18-20-21-22)10(5-8)14(23)19-12-3-1-9(16)6-11(12)17/h1-7H,(H,19,23). The Morgan fingerprint density at radius 1 is 1.13 bits per heavy atom. The monoisotopic (exact) mass is 455 g/mol. The fourth-order valence-electron chi connectivity index (χ4n) is 1.94. The Morgan fingerprint density at radius 3 is 2.57 bits per heavy atom. The first-order valence-electron chi connectivity index (χ1n) is 6.34. The minimum absolute atomic E-state index is 0.318. The molecule has 3 rings (SSSR count). The van der Waals surface area contributed by atoms with Crippen molar-refractivity contribution in [1.82, 2.24) is 20.2 Å². The van der Waals surface area contributed by atoms with E-state index < -0.39 is 0 Å². The highest BCUT2D eigenvalue weighted by atomic mass is 79.9. The molecule has 0 saturated carbocycles. The predicted molar refractivity (Wildman–Crippen MR) is 94.0 cm³/mol. The first kappa shape index (κ1) is 16.1. The molecule has 1 amide bonds. The maximum Gasteiger partial charge on any atom is 0.257 e. The van der Waals surface area contributed by atoms with Crippen LogP contribution in [0.3, 0.4) is 0 Å². The SMILES string of the molecule is O=C(Nc1ccc(Br)cc1Cl)c1cc(Br)ccc1-n1cnnn1. The number of benzene rings is 2. The molecule has 0 bridgehead atoms. The van der Waals surface area contributed by atoms with Gasteiger partial charge in [-0.25, -0.2) is 0 Å². The van der Waals surface area contributed by atoms with Crippen LogP contribution in [0, 0.1) is 0 Å². The van der Waals surface area contributed by atoms with Crippen molar-refractivity contribution >= 4 is 55.1 Å². The smallest absolute Gasteiger partial charge is 0.257 e. The van der Waals surface area contributed by atoms with E-state index in [2.05, 4.69) is 52.7 Å². The quantitative estimate of drug-likeness (QED) is 0.643. The lowest BCUT2D eigenvalue weighted by Gasteiger charge is -2.11. The number of carbonyl (C=O) groups is 1. The minimum Gasteiger partial charge on any atom is -0.321 e. The molecular formula is C14H8Br2ClN5O. The van der Waals surface area contributed by atoms with Crippen molar-refractivity contribution in [3.05, 3.63) is 62.3 Å². The first-order chi connectivity index (χ1) is 11.0. The Labute approximate surface area is 153 Å². The zero-order valence-electron chi connectivity index (χ0n) is 11.4. The maximum atomic E-state index is 12.6. The second-order valence-electron chi connectivity index (χ2n) is 4.49. The van der Waals surface area contributed by atoms with Crippen LogP contribution in [0.4, 0.5) is 5.69 Å². The van der Waals surface area contributed by atoms with Crippen LogP contribution in [0.2, 0.25) is 5.02 Å². The third-order valence-corrected chi connectivity index (χ3v) is 4.28. The molecule has 0 unspecified atom stereocenters. The van der Waals surface area contributed by atoms with Gasteiger partial charge >= 0.3 is 0 Å². The van der Waals surface area contributed by atoms with E-state index in [9.17, 15) is 4.79 Å². The summed E-state index contributed by atoms with van der Waals surface area (Å²) in [6, 6.07) is 10.5. The molecule has 6 nitrogen and oxygen atoms in total. The normalized spacial score (nSPS) is 10.6. The molecule has 0 aliphatic rings. The van der Waals surface area contributed by atoms with E-state index >= 15 is 0 Å². The fraction of sp³-hybridized carbons (Fsp3) is 0. The van der Waals surface area contributed by atoms with Crippen LogP contribution in [0.1, 0.15) is 10.4 Å².